The Bertz CT molecular complexity index is 706. The molecule has 138 valence electrons. The third-order valence-electron chi connectivity index (χ3n) is 5.16. The van der Waals surface area contributed by atoms with Crippen molar-refractivity contribution in [1.82, 2.24) is 15.1 Å². The van der Waals surface area contributed by atoms with Crippen LogP contribution >= 0.6 is 0 Å². The monoisotopic (exact) mass is 353 g/mol. The molecule has 0 unspecified atom stereocenters. The Kier molecular flexibility index (Phi) is 5.32. The van der Waals surface area contributed by atoms with Crippen LogP contribution in [0.15, 0.2) is 36.4 Å². The van der Waals surface area contributed by atoms with Crippen molar-refractivity contribution in [3.63, 3.8) is 0 Å². The van der Waals surface area contributed by atoms with Gasteiger partial charge in [-0.15, -0.1) is 10.2 Å². The summed E-state index contributed by atoms with van der Waals surface area (Å²) in [4.78, 5) is 7.09. The van der Waals surface area contributed by atoms with Gasteiger partial charge in [0.15, 0.2) is 11.6 Å². The highest BCUT2D eigenvalue weighted by Crippen LogP contribution is 2.18. The molecule has 0 bridgehead atoms. The molecule has 0 aliphatic carbocycles. The quantitative estimate of drug-likeness (QED) is 0.837. The lowest BCUT2D eigenvalue weighted by Gasteiger charge is -2.35. The zero-order valence-electron chi connectivity index (χ0n) is 15.5. The Morgan fingerprint density at radius 2 is 1.50 bits per heavy atom. The van der Waals surface area contributed by atoms with Gasteiger partial charge in [0.25, 0.3) is 0 Å². The molecular formula is C20H27N5O. The normalized spacial score (nSPS) is 19.0. The van der Waals surface area contributed by atoms with E-state index in [1.165, 1.54) is 11.1 Å². The molecule has 2 aliphatic rings. The molecule has 2 aliphatic heterocycles. The molecule has 4 rings (SSSR count). The second-order valence-electron chi connectivity index (χ2n) is 7.10. The Labute approximate surface area is 155 Å². The van der Waals surface area contributed by atoms with E-state index in [1.807, 2.05) is 0 Å². The molecule has 0 N–H and O–H groups in total. The lowest BCUT2D eigenvalue weighted by atomic mass is 10.1. The highest BCUT2D eigenvalue weighted by atomic mass is 16.5. The van der Waals surface area contributed by atoms with Crippen molar-refractivity contribution in [2.24, 2.45) is 0 Å². The summed E-state index contributed by atoms with van der Waals surface area (Å²) < 4.78 is 5.40. The molecule has 1 aromatic heterocycles. The number of aryl methyl sites for hydroxylation is 1. The van der Waals surface area contributed by atoms with Crippen LogP contribution in [0.5, 0.6) is 0 Å². The van der Waals surface area contributed by atoms with Crippen molar-refractivity contribution < 1.29 is 4.74 Å². The molecule has 0 radical (unpaired) electrons. The van der Waals surface area contributed by atoms with Gasteiger partial charge in [-0.1, -0.05) is 29.8 Å². The van der Waals surface area contributed by atoms with E-state index >= 15 is 0 Å². The van der Waals surface area contributed by atoms with Crippen LogP contribution in [0.1, 0.15) is 11.1 Å². The number of hydrogen-bond donors (Lipinski definition) is 0. The number of ether oxygens (including phenoxy) is 1. The predicted molar refractivity (Wildman–Crippen MR) is 104 cm³/mol. The first-order valence-corrected chi connectivity index (χ1v) is 9.47. The van der Waals surface area contributed by atoms with Gasteiger partial charge in [0.1, 0.15) is 0 Å². The third-order valence-corrected chi connectivity index (χ3v) is 5.16. The van der Waals surface area contributed by atoms with Crippen molar-refractivity contribution in [1.29, 1.82) is 0 Å². The number of hydrogen-bond acceptors (Lipinski definition) is 6. The number of rotatable bonds is 4. The summed E-state index contributed by atoms with van der Waals surface area (Å²) in [5, 5.41) is 8.91. The number of morpholine rings is 1. The average Bonchev–Trinajstić information content (AvgIpc) is 2.70. The van der Waals surface area contributed by atoms with Crippen LogP contribution < -0.4 is 9.80 Å². The van der Waals surface area contributed by atoms with Crippen LogP contribution in [0, 0.1) is 6.92 Å². The van der Waals surface area contributed by atoms with Crippen LogP contribution in [-0.4, -0.2) is 67.6 Å². The summed E-state index contributed by atoms with van der Waals surface area (Å²) in [5.74, 6) is 1.94. The summed E-state index contributed by atoms with van der Waals surface area (Å²) in [6.45, 7) is 10.6. The Hall–Kier alpha value is -2.18. The van der Waals surface area contributed by atoms with E-state index in [4.69, 9.17) is 4.74 Å². The fraction of sp³-hybridized carbons (Fsp3) is 0.500. The first kappa shape index (κ1) is 17.2. The average molecular weight is 353 g/mol. The molecule has 2 fully saturated rings. The largest absolute Gasteiger partial charge is 0.378 e. The minimum Gasteiger partial charge on any atom is -0.378 e. The van der Waals surface area contributed by atoms with E-state index in [1.54, 1.807) is 0 Å². The molecule has 6 nitrogen and oxygen atoms in total. The lowest BCUT2D eigenvalue weighted by Crippen LogP contribution is -2.46. The SMILES string of the molecule is Cc1cccc(CN2CCN(c3ccc(N4CCOCC4)nn3)CC2)c1. The smallest absolute Gasteiger partial charge is 0.151 e. The van der Waals surface area contributed by atoms with Crippen molar-refractivity contribution in [2.45, 2.75) is 13.5 Å². The molecule has 26 heavy (non-hydrogen) atoms. The predicted octanol–water partition coefficient (Wildman–Crippen LogP) is 1.94. The minimum atomic E-state index is 0.770. The van der Waals surface area contributed by atoms with Gasteiger partial charge >= 0.3 is 0 Å². The second-order valence-corrected chi connectivity index (χ2v) is 7.10. The Morgan fingerprint density at radius 3 is 2.12 bits per heavy atom. The van der Waals surface area contributed by atoms with E-state index in [2.05, 4.69) is 68.2 Å². The Morgan fingerprint density at radius 1 is 0.846 bits per heavy atom. The fourth-order valence-electron chi connectivity index (χ4n) is 3.65. The van der Waals surface area contributed by atoms with E-state index in [0.29, 0.717) is 0 Å². The van der Waals surface area contributed by atoms with Gasteiger partial charge in [-0.3, -0.25) is 4.90 Å². The number of benzene rings is 1. The van der Waals surface area contributed by atoms with Gasteiger partial charge < -0.3 is 14.5 Å². The van der Waals surface area contributed by atoms with Crippen molar-refractivity contribution in [3.05, 3.63) is 47.5 Å². The summed E-state index contributed by atoms with van der Waals surface area (Å²) in [6.07, 6.45) is 0. The molecule has 1 aromatic carbocycles. The number of nitrogens with zero attached hydrogens (tertiary/aromatic N) is 5. The van der Waals surface area contributed by atoms with Crippen molar-refractivity contribution in [2.75, 3.05) is 62.3 Å². The number of piperazine rings is 1. The molecule has 2 aromatic rings. The van der Waals surface area contributed by atoms with Crippen LogP contribution in [0.25, 0.3) is 0 Å². The molecule has 0 atom stereocenters. The highest BCUT2D eigenvalue weighted by molar-refractivity contribution is 5.45. The van der Waals surface area contributed by atoms with E-state index in [9.17, 15) is 0 Å². The van der Waals surface area contributed by atoms with Crippen molar-refractivity contribution >= 4 is 11.6 Å². The molecule has 6 heteroatoms. The van der Waals surface area contributed by atoms with Crippen LogP contribution in [0.2, 0.25) is 0 Å². The third kappa shape index (κ3) is 4.14. The maximum atomic E-state index is 5.40. The van der Waals surface area contributed by atoms with Crippen LogP contribution in [0.4, 0.5) is 11.6 Å². The molecule has 2 saturated heterocycles. The number of aromatic nitrogens is 2. The standard InChI is InChI=1S/C20H27N5O/c1-17-3-2-4-18(15-17)16-23-7-9-24(10-8-23)19-5-6-20(22-21-19)25-11-13-26-14-12-25/h2-6,15H,7-14,16H2,1H3. The van der Waals surface area contributed by atoms with Gasteiger partial charge in [-0.2, -0.15) is 0 Å². The maximum Gasteiger partial charge on any atom is 0.151 e. The lowest BCUT2D eigenvalue weighted by molar-refractivity contribution is 0.122. The van der Waals surface area contributed by atoms with Gasteiger partial charge in [0, 0.05) is 45.8 Å². The molecule has 0 amide bonds. The molecule has 0 saturated carbocycles. The van der Waals surface area contributed by atoms with Gasteiger partial charge in [-0.05, 0) is 24.6 Å². The summed E-state index contributed by atoms with van der Waals surface area (Å²) >= 11 is 0. The number of anilines is 2. The zero-order valence-corrected chi connectivity index (χ0v) is 15.5. The zero-order chi connectivity index (χ0) is 17.8. The van der Waals surface area contributed by atoms with Gasteiger partial charge in [0.05, 0.1) is 13.2 Å². The minimum absolute atomic E-state index is 0.770. The Balaban J connectivity index is 1.31. The van der Waals surface area contributed by atoms with Crippen LogP contribution in [0.3, 0.4) is 0 Å². The maximum absolute atomic E-state index is 5.40. The van der Waals surface area contributed by atoms with Crippen LogP contribution in [-0.2, 0) is 11.3 Å². The first-order valence-electron chi connectivity index (χ1n) is 9.47. The summed E-state index contributed by atoms with van der Waals surface area (Å²) in [5.41, 5.74) is 2.73. The molecular weight excluding hydrogens is 326 g/mol. The van der Waals surface area contributed by atoms with Gasteiger partial charge in [0.2, 0.25) is 0 Å². The highest BCUT2D eigenvalue weighted by Gasteiger charge is 2.19. The van der Waals surface area contributed by atoms with E-state index < -0.39 is 0 Å². The topological polar surface area (TPSA) is 44.7 Å². The van der Waals surface area contributed by atoms with E-state index in [-0.39, 0.29) is 0 Å². The first-order chi connectivity index (χ1) is 12.8. The fourth-order valence-corrected chi connectivity index (χ4v) is 3.65. The molecule has 0 spiro atoms. The summed E-state index contributed by atoms with van der Waals surface area (Å²) in [7, 11) is 0. The van der Waals surface area contributed by atoms with E-state index in [0.717, 1.165) is 70.7 Å². The second kappa shape index (κ2) is 8.01. The van der Waals surface area contributed by atoms with Gasteiger partial charge in [-0.25, -0.2) is 0 Å². The summed E-state index contributed by atoms with van der Waals surface area (Å²) in [6, 6.07) is 13.0. The van der Waals surface area contributed by atoms with Crippen molar-refractivity contribution in [3.8, 4) is 0 Å². The molecule has 3 heterocycles.